The van der Waals surface area contributed by atoms with Gasteiger partial charge in [0.05, 0.1) is 6.42 Å². The minimum absolute atomic E-state index is 0.0293. The Bertz CT molecular complexity index is 730. The predicted octanol–water partition coefficient (Wildman–Crippen LogP) is 1.66. The molecule has 0 saturated carbocycles. The molecule has 6 nitrogen and oxygen atoms in total. The maximum Gasteiger partial charge on any atom is 0.272 e. The van der Waals surface area contributed by atoms with E-state index in [1.807, 2.05) is 18.2 Å². The highest BCUT2D eigenvalue weighted by Gasteiger charge is 2.25. The lowest BCUT2D eigenvalue weighted by atomic mass is 10.2. The number of carbonyl (C=O) groups is 2. The van der Waals surface area contributed by atoms with E-state index in [1.54, 1.807) is 34.2 Å². The molecule has 0 spiro atoms. The fourth-order valence-electron chi connectivity index (χ4n) is 2.62. The van der Waals surface area contributed by atoms with Crippen LogP contribution in [0.25, 0.3) is 0 Å². The number of amides is 2. The summed E-state index contributed by atoms with van der Waals surface area (Å²) in [6, 6.07) is 10.5. The van der Waals surface area contributed by atoms with Gasteiger partial charge in [-0.15, -0.1) is 0 Å². The molecule has 24 heavy (non-hydrogen) atoms. The summed E-state index contributed by atoms with van der Waals surface area (Å²) in [5.74, 6) is -0.129. The van der Waals surface area contributed by atoms with Crippen LogP contribution in [0, 0.1) is 0 Å². The number of pyridine rings is 2. The quantitative estimate of drug-likeness (QED) is 0.794. The molecule has 1 fully saturated rings. The molecular weight excluding hydrogens is 328 g/mol. The lowest BCUT2D eigenvalue weighted by Crippen LogP contribution is -2.51. The molecule has 0 atom stereocenters. The molecule has 0 aromatic carbocycles. The van der Waals surface area contributed by atoms with Crippen LogP contribution in [-0.2, 0) is 11.2 Å². The van der Waals surface area contributed by atoms with Crippen LogP contribution in [0.5, 0.6) is 0 Å². The summed E-state index contributed by atoms with van der Waals surface area (Å²) in [7, 11) is 0. The van der Waals surface area contributed by atoms with Gasteiger partial charge in [-0.2, -0.15) is 0 Å². The number of hydrogen-bond donors (Lipinski definition) is 0. The Kier molecular flexibility index (Phi) is 5.05. The van der Waals surface area contributed by atoms with Gasteiger partial charge in [-0.3, -0.25) is 14.6 Å². The minimum atomic E-state index is -0.158. The smallest absolute Gasteiger partial charge is 0.272 e. The third-order valence-electron chi connectivity index (χ3n) is 3.91. The van der Waals surface area contributed by atoms with Crippen molar-refractivity contribution in [3.63, 3.8) is 0 Å². The first kappa shape index (κ1) is 16.4. The maximum absolute atomic E-state index is 12.4. The van der Waals surface area contributed by atoms with Crippen LogP contribution in [-0.4, -0.2) is 57.8 Å². The molecule has 1 saturated heterocycles. The van der Waals surface area contributed by atoms with Crippen LogP contribution >= 0.6 is 11.6 Å². The first-order chi connectivity index (χ1) is 11.6. The van der Waals surface area contributed by atoms with E-state index >= 15 is 0 Å². The van der Waals surface area contributed by atoms with E-state index in [1.165, 1.54) is 0 Å². The van der Waals surface area contributed by atoms with E-state index in [0.717, 1.165) is 5.69 Å². The van der Waals surface area contributed by atoms with Crippen LogP contribution < -0.4 is 0 Å². The van der Waals surface area contributed by atoms with E-state index < -0.39 is 0 Å². The zero-order chi connectivity index (χ0) is 16.9. The lowest BCUT2D eigenvalue weighted by molar-refractivity contribution is -0.132. The molecule has 0 N–H and O–H groups in total. The number of aromatic nitrogens is 2. The summed E-state index contributed by atoms with van der Waals surface area (Å²) in [4.78, 5) is 36.4. The van der Waals surface area contributed by atoms with Crippen molar-refractivity contribution in [1.29, 1.82) is 0 Å². The highest BCUT2D eigenvalue weighted by atomic mass is 35.5. The number of nitrogens with zero attached hydrogens (tertiary/aromatic N) is 4. The van der Waals surface area contributed by atoms with Crippen LogP contribution in [0.2, 0.25) is 5.15 Å². The zero-order valence-electron chi connectivity index (χ0n) is 13.1. The highest BCUT2D eigenvalue weighted by Crippen LogP contribution is 2.11. The molecule has 7 heteroatoms. The van der Waals surface area contributed by atoms with Gasteiger partial charge in [-0.1, -0.05) is 23.7 Å². The molecule has 124 valence electrons. The average Bonchev–Trinajstić information content (AvgIpc) is 2.62. The molecule has 0 radical (unpaired) electrons. The molecular formula is C17H17ClN4O2. The number of carbonyl (C=O) groups excluding carboxylic acids is 2. The van der Waals surface area contributed by atoms with Gasteiger partial charge < -0.3 is 9.80 Å². The molecule has 2 aromatic rings. The summed E-state index contributed by atoms with van der Waals surface area (Å²) in [5.41, 5.74) is 1.08. The van der Waals surface area contributed by atoms with Crippen molar-refractivity contribution >= 4 is 23.4 Å². The normalized spacial score (nSPS) is 14.5. The molecule has 2 aromatic heterocycles. The van der Waals surface area contributed by atoms with Gasteiger partial charge in [-0.05, 0) is 24.3 Å². The average molecular weight is 345 g/mol. The summed E-state index contributed by atoms with van der Waals surface area (Å²) in [5, 5.41) is 0.296. The Balaban J connectivity index is 1.55. The van der Waals surface area contributed by atoms with Crippen LogP contribution in [0.1, 0.15) is 16.2 Å². The summed E-state index contributed by atoms with van der Waals surface area (Å²) in [6.45, 7) is 2.00. The lowest BCUT2D eigenvalue weighted by Gasteiger charge is -2.34. The van der Waals surface area contributed by atoms with Gasteiger partial charge in [0.15, 0.2) is 0 Å². The van der Waals surface area contributed by atoms with E-state index in [9.17, 15) is 9.59 Å². The van der Waals surface area contributed by atoms with Crippen molar-refractivity contribution in [2.45, 2.75) is 6.42 Å². The van der Waals surface area contributed by atoms with E-state index in [0.29, 0.717) is 37.0 Å². The van der Waals surface area contributed by atoms with Gasteiger partial charge in [0.1, 0.15) is 10.8 Å². The predicted molar refractivity (Wildman–Crippen MR) is 89.7 cm³/mol. The molecule has 1 aliphatic rings. The number of hydrogen-bond acceptors (Lipinski definition) is 4. The second-order valence-electron chi connectivity index (χ2n) is 5.52. The van der Waals surface area contributed by atoms with Crippen LogP contribution in [0.3, 0.4) is 0 Å². The molecule has 0 aliphatic carbocycles. The molecule has 2 amide bonds. The van der Waals surface area contributed by atoms with Gasteiger partial charge in [0, 0.05) is 38.1 Å². The fourth-order valence-corrected chi connectivity index (χ4v) is 2.78. The number of rotatable bonds is 3. The molecule has 0 bridgehead atoms. The van der Waals surface area contributed by atoms with Gasteiger partial charge in [0.25, 0.3) is 5.91 Å². The van der Waals surface area contributed by atoms with E-state index in [-0.39, 0.29) is 18.2 Å². The number of piperazine rings is 1. The van der Waals surface area contributed by atoms with Crippen LogP contribution in [0.4, 0.5) is 0 Å². The highest BCUT2D eigenvalue weighted by molar-refractivity contribution is 6.29. The Morgan fingerprint density at radius 1 is 1.00 bits per heavy atom. The monoisotopic (exact) mass is 344 g/mol. The van der Waals surface area contributed by atoms with Crippen molar-refractivity contribution < 1.29 is 9.59 Å². The Morgan fingerprint density at radius 3 is 2.42 bits per heavy atom. The fraction of sp³-hybridized carbons (Fsp3) is 0.294. The molecule has 1 aliphatic heterocycles. The van der Waals surface area contributed by atoms with Crippen LogP contribution in [0.15, 0.2) is 42.6 Å². The van der Waals surface area contributed by atoms with E-state index in [4.69, 9.17) is 11.6 Å². The van der Waals surface area contributed by atoms with Crippen molar-refractivity contribution in [1.82, 2.24) is 19.8 Å². The summed E-state index contributed by atoms with van der Waals surface area (Å²) in [6.07, 6.45) is 1.96. The van der Waals surface area contributed by atoms with Gasteiger partial charge >= 0.3 is 0 Å². The molecule has 3 heterocycles. The van der Waals surface area contributed by atoms with Crippen molar-refractivity contribution in [2.75, 3.05) is 26.2 Å². The zero-order valence-corrected chi connectivity index (χ0v) is 13.8. The third kappa shape index (κ3) is 3.89. The second kappa shape index (κ2) is 7.40. The van der Waals surface area contributed by atoms with Crippen molar-refractivity contribution in [3.05, 3.63) is 59.1 Å². The largest absolute Gasteiger partial charge is 0.339 e. The summed E-state index contributed by atoms with van der Waals surface area (Å²) >= 11 is 5.83. The van der Waals surface area contributed by atoms with Crippen molar-refractivity contribution in [3.8, 4) is 0 Å². The van der Waals surface area contributed by atoms with Gasteiger partial charge in [0.2, 0.25) is 5.91 Å². The SMILES string of the molecule is O=C(Cc1ccccn1)N1CCN(C(=O)c2cccc(Cl)n2)CC1. The molecule has 0 unspecified atom stereocenters. The summed E-state index contributed by atoms with van der Waals surface area (Å²) < 4.78 is 0. The third-order valence-corrected chi connectivity index (χ3v) is 4.12. The second-order valence-corrected chi connectivity index (χ2v) is 5.90. The first-order valence-electron chi connectivity index (χ1n) is 7.73. The minimum Gasteiger partial charge on any atom is -0.339 e. The molecule has 3 rings (SSSR count). The Morgan fingerprint density at radius 2 is 1.75 bits per heavy atom. The first-order valence-corrected chi connectivity index (χ1v) is 8.11. The van der Waals surface area contributed by atoms with Crippen molar-refractivity contribution in [2.24, 2.45) is 0 Å². The maximum atomic E-state index is 12.4. The topological polar surface area (TPSA) is 66.4 Å². The van der Waals surface area contributed by atoms with E-state index in [2.05, 4.69) is 9.97 Å². The standard InChI is InChI=1S/C17H17ClN4O2/c18-15-6-3-5-14(20-15)17(24)22-10-8-21(9-11-22)16(23)12-13-4-1-2-7-19-13/h1-7H,8-12H2. The number of halogens is 1. The Labute approximate surface area is 145 Å². The Hall–Kier alpha value is -2.47. The van der Waals surface area contributed by atoms with Gasteiger partial charge in [-0.25, -0.2) is 4.98 Å².